The molecule has 2 saturated heterocycles. The summed E-state index contributed by atoms with van der Waals surface area (Å²) < 4.78 is 0. The molecule has 2 aliphatic rings. The minimum Gasteiger partial charge on any atom is -0.356 e. The maximum Gasteiger partial charge on any atom is 0.221 e. The highest BCUT2D eigenvalue weighted by Gasteiger charge is 2.28. The molecule has 0 aromatic rings. The summed E-state index contributed by atoms with van der Waals surface area (Å²) in [7, 11) is 0. The van der Waals surface area contributed by atoms with Crippen molar-refractivity contribution in [3.05, 3.63) is 0 Å². The fourth-order valence-corrected chi connectivity index (χ4v) is 2.76. The van der Waals surface area contributed by atoms with Gasteiger partial charge in [-0.15, -0.1) is 0 Å². The van der Waals surface area contributed by atoms with Crippen molar-refractivity contribution < 1.29 is 4.79 Å². The summed E-state index contributed by atoms with van der Waals surface area (Å²) in [6.45, 7) is 5.89. The van der Waals surface area contributed by atoms with Gasteiger partial charge in [-0.25, -0.2) is 0 Å². The van der Waals surface area contributed by atoms with Crippen molar-refractivity contribution in [2.75, 3.05) is 26.2 Å². The van der Waals surface area contributed by atoms with E-state index in [4.69, 9.17) is 0 Å². The number of carbonyl (C=O) groups is 1. The molecule has 1 amide bonds. The zero-order chi connectivity index (χ0) is 11.4. The highest BCUT2D eigenvalue weighted by Crippen LogP contribution is 2.20. The van der Waals surface area contributed by atoms with Gasteiger partial charge in [-0.3, -0.25) is 4.79 Å². The molecule has 92 valence electrons. The first-order chi connectivity index (χ1) is 7.78. The second kappa shape index (κ2) is 5.64. The molecule has 0 aliphatic carbocycles. The molecule has 2 N–H and O–H groups in total. The quantitative estimate of drug-likeness (QED) is 0.725. The average molecular weight is 225 g/mol. The molecule has 2 unspecified atom stereocenters. The highest BCUT2D eigenvalue weighted by molar-refractivity contribution is 5.75. The maximum atomic E-state index is 11.4. The molecular formula is C12H23N3O. The summed E-state index contributed by atoms with van der Waals surface area (Å²) in [4.78, 5) is 13.8. The van der Waals surface area contributed by atoms with E-state index in [0.717, 1.165) is 32.2 Å². The number of carbonyl (C=O) groups excluding carboxylic acids is 1. The monoisotopic (exact) mass is 225 g/mol. The SMILES string of the molecule is CCNC(=O)CCN1CCC2CCC(C1)N2. The second-order valence-electron chi connectivity index (χ2n) is 4.93. The first kappa shape index (κ1) is 11.9. The molecule has 0 aromatic carbocycles. The predicted octanol–water partition coefficient (Wildman–Crippen LogP) is 0.339. The smallest absolute Gasteiger partial charge is 0.221 e. The third kappa shape index (κ3) is 3.19. The second-order valence-corrected chi connectivity index (χ2v) is 4.93. The number of rotatable bonds is 4. The lowest BCUT2D eigenvalue weighted by Crippen LogP contribution is -2.37. The van der Waals surface area contributed by atoms with Crippen LogP contribution in [0.15, 0.2) is 0 Å². The molecular weight excluding hydrogens is 202 g/mol. The van der Waals surface area contributed by atoms with Crippen LogP contribution in [0.1, 0.15) is 32.6 Å². The zero-order valence-corrected chi connectivity index (χ0v) is 10.2. The third-order valence-electron chi connectivity index (χ3n) is 3.64. The Bertz CT molecular complexity index is 244. The van der Waals surface area contributed by atoms with Crippen molar-refractivity contribution in [1.82, 2.24) is 15.5 Å². The van der Waals surface area contributed by atoms with Crippen LogP contribution in [0, 0.1) is 0 Å². The van der Waals surface area contributed by atoms with E-state index in [0.29, 0.717) is 12.5 Å². The van der Waals surface area contributed by atoms with E-state index in [2.05, 4.69) is 15.5 Å². The Morgan fingerprint density at radius 1 is 1.38 bits per heavy atom. The fraction of sp³-hybridized carbons (Fsp3) is 0.917. The lowest BCUT2D eigenvalue weighted by atomic mass is 10.1. The van der Waals surface area contributed by atoms with Gasteiger partial charge >= 0.3 is 0 Å². The summed E-state index contributed by atoms with van der Waals surface area (Å²) in [6.07, 6.45) is 4.54. The van der Waals surface area contributed by atoms with Gasteiger partial charge in [0.15, 0.2) is 0 Å². The Balaban J connectivity index is 1.71. The van der Waals surface area contributed by atoms with Gasteiger partial charge in [0.2, 0.25) is 5.91 Å². The molecule has 4 nitrogen and oxygen atoms in total. The predicted molar refractivity (Wildman–Crippen MR) is 64.3 cm³/mol. The van der Waals surface area contributed by atoms with Crippen LogP contribution in [-0.2, 0) is 4.79 Å². The van der Waals surface area contributed by atoms with Crippen LogP contribution in [0.4, 0.5) is 0 Å². The number of nitrogens with zero attached hydrogens (tertiary/aromatic N) is 1. The van der Waals surface area contributed by atoms with Crippen LogP contribution >= 0.6 is 0 Å². The van der Waals surface area contributed by atoms with Crippen LogP contribution in [0.3, 0.4) is 0 Å². The Kier molecular flexibility index (Phi) is 4.18. The lowest BCUT2D eigenvalue weighted by molar-refractivity contribution is -0.121. The van der Waals surface area contributed by atoms with Crippen molar-refractivity contribution in [3.63, 3.8) is 0 Å². The van der Waals surface area contributed by atoms with E-state index in [9.17, 15) is 4.79 Å². The molecule has 2 aliphatic heterocycles. The largest absolute Gasteiger partial charge is 0.356 e. The number of hydrogen-bond acceptors (Lipinski definition) is 3. The molecule has 2 bridgehead atoms. The van der Waals surface area contributed by atoms with Crippen LogP contribution in [-0.4, -0.2) is 49.1 Å². The first-order valence-electron chi connectivity index (χ1n) is 6.53. The van der Waals surface area contributed by atoms with Gasteiger partial charge in [-0.1, -0.05) is 0 Å². The van der Waals surface area contributed by atoms with Crippen molar-refractivity contribution in [1.29, 1.82) is 0 Å². The number of amides is 1. The number of fused-ring (bicyclic) bond motifs is 2. The average Bonchev–Trinajstić information content (AvgIpc) is 2.58. The van der Waals surface area contributed by atoms with Gasteiger partial charge in [0.25, 0.3) is 0 Å². The van der Waals surface area contributed by atoms with E-state index in [-0.39, 0.29) is 5.91 Å². The molecule has 0 saturated carbocycles. The van der Waals surface area contributed by atoms with Gasteiger partial charge in [0, 0.05) is 38.1 Å². The molecule has 4 heteroatoms. The molecule has 16 heavy (non-hydrogen) atoms. The third-order valence-corrected chi connectivity index (χ3v) is 3.64. The zero-order valence-electron chi connectivity index (χ0n) is 10.2. The van der Waals surface area contributed by atoms with Crippen molar-refractivity contribution in [2.24, 2.45) is 0 Å². The van der Waals surface area contributed by atoms with Crippen molar-refractivity contribution in [2.45, 2.75) is 44.7 Å². The normalized spacial score (nSPS) is 30.1. The molecule has 2 fully saturated rings. The lowest BCUT2D eigenvalue weighted by Gasteiger charge is -2.23. The fourth-order valence-electron chi connectivity index (χ4n) is 2.76. The van der Waals surface area contributed by atoms with Crippen LogP contribution in [0.2, 0.25) is 0 Å². The van der Waals surface area contributed by atoms with Crippen molar-refractivity contribution in [3.8, 4) is 0 Å². The molecule has 0 spiro atoms. The van der Waals surface area contributed by atoms with E-state index in [1.807, 2.05) is 6.92 Å². The van der Waals surface area contributed by atoms with Crippen molar-refractivity contribution >= 4 is 5.91 Å². The summed E-state index contributed by atoms with van der Waals surface area (Å²) in [5, 5.41) is 6.51. The van der Waals surface area contributed by atoms with E-state index in [1.54, 1.807) is 0 Å². The topological polar surface area (TPSA) is 44.4 Å². The molecule has 0 radical (unpaired) electrons. The summed E-state index contributed by atoms with van der Waals surface area (Å²) >= 11 is 0. The molecule has 2 heterocycles. The number of nitrogens with one attached hydrogen (secondary N) is 2. The molecule has 0 aromatic heterocycles. The van der Waals surface area contributed by atoms with Gasteiger partial charge in [-0.2, -0.15) is 0 Å². The van der Waals surface area contributed by atoms with Gasteiger partial charge in [-0.05, 0) is 32.7 Å². The van der Waals surface area contributed by atoms with E-state index in [1.165, 1.54) is 19.3 Å². The molecule has 2 atom stereocenters. The minimum atomic E-state index is 0.185. The first-order valence-corrected chi connectivity index (χ1v) is 6.53. The number of hydrogen-bond donors (Lipinski definition) is 2. The van der Waals surface area contributed by atoms with Gasteiger partial charge in [0.05, 0.1) is 0 Å². The van der Waals surface area contributed by atoms with Crippen LogP contribution in [0.25, 0.3) is 0 Å². The minimum absolute atomic E-state index is 0.185. The standard InChI is InChI=1S/C12H23N3O/c1-2-13-12(16)6-8-15-7-5-10-3-4-11(9-15)14-10/h10-11,14H,2-9H2,1H3,(H,13,16). The van der Waals surface area contributed by atoms with Crippen LogP contribution in [0.5, 0.6) is 0 Å². The Morgan fingerprint density at radius 3 is 3.00 bits per heavy atom. The summed E-state index contributed by atoms with van der Waals surface area (Å²) in [5.74, 6) is 0.185. The Hall–Kier alpha value is -0.610. The van der Waals surface area contributed by atoms with E-state index < -0.39 is 0 Å². The summed E-state index contributed by atoms with van der Waals surface area (Å²) in [5.41, 5.74) is 0. The van der Waals surface area contributed by atoms with Crippen LogP contribution < -0.4 is 10.6 Å². The Labute approximate surface area is 97.8 Å². The Morgan fingerprint density at radius 2 is 2.19 bits per heavy atom. The molecule has 2 rings (SSSR count). The van der Waals surface area contributed by atoms with E-state index >= 15 is 0 Å². The number of likely N-dealkylation sites (tertiary alicyclic amines) is 1. The summed E-state index contributed by atoms with van der Waals surface area (Å²) in [6, 6.07) is 1.40. The highest BCUT2D eigenvalue weighted by atomic mass is 16.1. The van der Waals surface area contributed by atoms with Gasteiger partial charge in [0.1, 0.15) is 0 Å². The maximum absolute atomic E-state index is 11.4. The van der Waals surface area contributed by atoms with Gasteiger partial charge < -0.3 is 15.5 Å².